The van der Waals surface area contributed by atoms with E-state index in [1.165, 1.54) is 42.5 Å². The second kappa shape index (κ2) is 5.31. The van der Waals surface area contributed by atoms with Gasteiger partial charge in [-0.15, -0.1) is 0 Å². The molecular weight excluding hydrogens is 336 g/mol. The number of anilines is 1. The van der Waals surface area contributed by atoms with E-state index in [0.717, 1.165) is 0 Å². The molecule has 0 fully saturated rings. The number of aliphatic carboxylic acids is 1. The van der Waals surface area contributed by atoms with E-state index in [-0.39, 0.29) is 21.8 Å². The number of non-ortho nitro benzene ring substituents is 1. The van der Waals surface area contributed by atoms with Crippen molar-refractivity contribution in [3.8, 4) is 0 Å². The maximum Gasteiger partial charge on any atom is 0.346 e. The van der Waals surface area contributed by atoms with Crippen molar-refractivity contribution in [3.05, 3.63) is 64.2 Å². The number of hydrogen-bond acceptors (Lipinski definition) is 6. The monoisotopic (exact) mass is 348 g/mol. The van der Waals surface area contributed by atoms with E-state index in [9.17, 15) is 28.4 Å². The first-order valence-electron chi connectivity index (χ1n) is 6.86. The fourth-order valence-electron chi connectivity index (χ4n) is 2.70. The number of sulfone groups is 1. The van der Waals surface area contributed by atoms with Gasteiger partial charge in [0, 0.05) is 24.2 Å². The number of nitrogens with one attached hydrogen (secondary N) is 1. The molecule has 3 rings (SSSR count). The van der Waals surface area contributed by atoms with Crippen molar-refractivity contribution in [3.63, 3.8) is 0 Å². The van der Waals surface area contributed by atoms with Crippen molar-refractivity contribution in [2.75, 3.05) is 5.32 Å². The number of fused-ring (bicyclic) bond motifs is 1. The molecule has 124 valence electrons. The van der Waals surface area contributed by atoms with Gasteiger partial charge in [0.1, 0.15) is 0 Å². The predicted octanol–water partition coefficient (Wildman–Crippen LogP) is 1.82. The largest absolute Gasteiger partial charge is 0.479 e. The molecule has 1 atom stereocenters. The molecule has 2 aromatic carbocycles. The number of hydrogen-bond donors (Lipinski definition) is 2. The summed E-state index contributed by atoms with van der Waals surface area (Å²) in [5.74, 6) is -1.56. The lowest BCUT2D eigenvalue weighted by molar-refractivity contribution is -0.384. The van der Waals surface area contributed by atoms with Gasteiger partial charge in [0.2, 0.25) is 14.7 Å². The number of carbonyl (C=O) groups is 1. The Kier molecular flexibility index (Phi) is 3.52. The lowest BCUT2D eigenvalue weighted by Crippen LogP contribution is -2.52. The van der Waals surface area contributed by atoms with Gasteiger partial charge in [-0.3, -0.25) is 10.1 Å². The minimum atomic E-state index is -4.28. The summed E-state index contributed by atoms with van der Waals surface area (Å²) in [6.45, 7) is 0. The Morgan fingerprint density at radius 1 is 1.21 bits per heavy atom. The average molecular weight is 348 g/mol. The molecule has 0 aliphatic carbocycles. The van der Waals surface area contributed by atoms with E-state index in [1.807, 2.05) is 0 Å². The number of carboxylic acids is 1. The van der Waals surface area contributed by atoms with Gasteiger partial charge in [0.15, 0.2) is 0 Å². The minimum Gasteiger partial charge on any atom is -0.479 e. The van der Waals surface area contributed by atoms with E-state index in [2.05, 4.69) is 5.32 Å². The molecule has 0 bridgehead atoms. The zero-order valence-corrected chi connectivity index (χ0v) is 13.0. The van der Waals surface area contributed by atoms with Gasteiger partial charge in [0.25, 0.3) is 5.69 Å². The molecule has 1 heterocycles. The molecule has 0 spiro atoms. The summed E-state index contributed by atoms with van der Waals surface area (Å²) >= 11 is 0. The van der Waals surface area contributed by atoms with Crippen LogP contribution < -0.4 is 5.32 Å². The first kappa shape index (κ1) is 15.9. The van der Waals surface area contributed by atoms with Crippen LogP contribution in [0.5, 0.6) is 0 Å². The molecule has 0 saturated carbocycles. The zero-order valence-electron chi connectivity index (χ0n) is 12.2. The summed E-state index contributed by atoms with van der Waals surface area (Å²) in [5, 5.41) is 23.0. The molecule has 0 saturated heterocycles. The molecule has 9 heteroatoms. The molecule has 0 radical (unpaired) electrons. The number of rotatable bonds is 4. The van der Waals surface area contributed by atoms with Crippen LogP contribution in [0.3, 0.4) is 0 Å². The van der Waals surface area contributed by atoms with Crippen LogP contribution in [-0.2, 0) is 21.1 Å². The SMILES string of the molecule is O=C(O)C1(S(=O)(=O)c2ccccc2)Cc2cc([N+](=O)[O-])ccc2N1. The minimum absolute atomic E-state index is 0.137. The van der Waals surface area contributed by atoms with Gasteiger partial charge in [-0.05, 0) is 23.8 Å². The van der Waals surface area contributed by atoms with E-state index in [1.54, 1.807) is 6.07 Å². The lowest BCUT2D eigenvalue weighted by Gasteiger charge is -2.25. The Bertz CT molecular complexity index is 942. The third-order valence-electron chi connectivity index (χ3n) is 3.93. The van der Waals surface area contributed by atoms with Gasteiger partial charge in [-0.2, -0.15) is 0 Å². The normalized spacial score (nSPS) is 19.3. The topological polar surface area (TPSA) is 127 Å². The van der Waals surface area contributed by atoms with Crippen molar-refractivity contribution >= 4 is 27.2 Å². The number of nitro benzene ring substituents is 1. The molecule has 24 heavy (non-hydrogen) atoms. The summed E-state index contributed by atoms with van der Waals surface area (Å²) in [4.78, 5) is 19.7. The number of benzene rings is 2. The summed E-state index contributed by atoms with van der Waals surface area (Å²) in [5.41, 5.74) is 0.294. The van der Waals surface area contributed by atoms with Crippen LogP contribution in [0.2, 0.25) is 0 Å². The highest BCUT2D eigenvalue weighted by atomic mass is 32.2. The molecule has 1 aliphatic rings. The Hall–Kier alpha value is -2.94. The van der Waals surface area contributed by atoms with Crippen LogP contribution in [0.15, 0.2) is 53.4 Å². The Morgan fingerprint density at radius 2 is 1.88 bits per heavy atom. The summed E-state index contributed by atoms with van der Waals surface area (Å²) < 4.78 is 25.8. The lowest BCUT2D eigenvalue weighted by atomic mass is 10.1. The number of nitro groups is 1. The van der Waals surface area contributed by atoms with Crippen molar-refractivity contribution in [1.29, 1.82) is 0 Å². The first-order valence-corrected chi connectivity index (χ1v) is 8.35. The highest BCUT2D eigenvalue weighted by Crippen LogP contribution is 2.40. The van der Waals surface area contributed by atoms with Gasteiger partial charge < -0.3 is 10.4 Å². The van der Waals surface area contributed by atoms with E-state index >= 15 is 0 Å². The van der Waals surface area contributed by atoms with Crippen molar-refractivity contribution in [1.82, 2.24) is 0 Å². The third-order valence-corrected chi connectivity index (χ3v) is 6.16. The molecule has 0 aromatic heterocycles. The molecule has 2 N–H and O–H groups in total. The summed E-state index contributed by atoms with van der Waals surface area (Å²) in [7, 11) is -4.28. The highest BCUT2D eigenvalue weighted by Gasteiger charge is 2.55. The average Bonchev–Trinajstić information content (AvgIpc) is 2.96. The Labute approximate surface area is 136 Å². The third kappa shape index (κ3) is 2.21. The van der Waals surface area contributed by atoms with Crippen LogP contribution in [-0.4, -0.2) is 29.3 Å². The van der Waals surface area contributed by atoms with Crippen molar-refractivity contribution in [2.45, 2.75) is 16.2 Å². The second-order valence-electron chi connectivity index (χ2n) is 5.35. The van der Waals surface area contributed by atoms with Crippen LogP contribution >= 0.6 is 0 Å². The maximum absolute atomic E-state index is 12.9. The fourth-order valence-corrected chi connectivity index (χ4v) is 4.44. The van der Waals surface area contributed by atoms with Crippen molar-refractivity contribution in [2.24, 2.45) is 0 Å². The van der Waals surface area contributed by atoms with Gasteiger partial charge in [0.05, 0.1) is 9.82 Å². The fraction of sp³-hybridized carbons (Fsp3) is 0.133. The highest BCUT2D eigenvalue weighted by molar-refractivity contribution is 7.93. The second-order valence-corrected chi connectivity index (χ2v) is 7.52. The molecule has 2 aromatic rings. The van der Waals surface area contributed by atoms with E-state index in [0.29, 0.717) is 0 Å². The number of carboxylic acid groups (broad SMARTS) is 1. The molecular formula is C15H12N2O6S. The summed E-state index contributed by atoms with van der Waals surface area (Å²) in [6, 6.07) is 10.9. The molecule has 1 aliphatic heterocycles. The van der Waals surface area contributed by atoms with Crippen molar-refractivity contribution < 1.29 is 23.2 Å². The van der Waals surface area contributed by atoms with E-state index < -0.39 is 32.0 Å². The molecule has 1 unspecified atom stereocenters. The predicted molar refractivity (Wildman–Crippen MR) is 84.4 cm³/mol. The smallest absolute Gasteiger partial charge is 0.346 e. The van der Waals surface area contributed by atoms with Crippen LogP contribution in [0.25, 0.3) is 0 Å². The summed E-state index contributed by atoms with van der Waals surface area (Å²) in [6.07, 6.45) is -0.406. The van der Waals surface area contributed by atoms with Crippen LogP contribution in [0.1, 0.15) is 5.56 Å². The Balaban J connectivity index is 2.13. The van der Waals surface area contributed by atoms with Crippen LogP contribution in [0.4, 0.5) is 11.4 Å². The molecule has 8 nitrogen and oxygen atoms in total. The van der Waals surface area contributed by atoms with E-state index in [4.69, 9.17) is 0 Å². The Morgan fingerprint density at radius 3 is 2.46 bits per heavy atom. The quantitative estimate of drug-likeness (QED) is 0.637. The maximum atomic E-state index is 12.9. The zero-order chi connectivity index (χ0) is 17.5. The number of nitrogens with zero attached hydrogens (tertiary/aromatic N) is 1. The van der Waals surface area contributed by atoms with Crippen LogP contribution in [0, 0.1) is 10.1 Å². The van der Waals surface area contributed by atoms with Gasteiger partial charge in [-0.25, -0.2) is 13.2 Å². The molecule has 0 amide bonds. The van der Waals surface area contributed by atoms with Gasteiger partial charge in [-0.1, -0.05) is 18.2 Å². The van der Waals surface area contributed by atoms with Gasteiger partial charge >= 0.3 is 5.97 Å². The standard InChI is InChI=1S/C15H12N2O6S/c18-14(19)15(24(22,23)12-4-2-1-3-5-12)9-10-8-11(17(20)21)6-7-13(10)16-15/h1-8,16H,9H2,(H,18,19). The first-order chi connectivity index (χ1) is 11.3.